The average molecular weight is 285 g/mol. The number of pyridine rings is 1. The lowest BCUT2D eigenvalue weighted by atomic mass is 10.1. The Labute approximate surface area is 124 Å². The average Bonchev–Trinajstić information content (AvgIpc) is 2.99. The summed E-state index contributed by atoms with van der Waals surface area (Å²) in [6.07, 6.45) is 6.90. The van der Waals surface area contributed by atoms with Gasteiger partial charge in [-0.25, -0.2) is 0 Å². The van der Waals surface area contributed by atoms with Crippen LogP contribution >= 0.6 is 12.2 Å². The molecule has 2 aromatic rings. The maximum absolute atomic E-state index is 5.91. The van der Waals surface area contributed by atoms with Crippen LogP contribution in [-0.2, 0) is 0 Å². The molecule has 1 fully saturated rings. The van der Waals surface area contributed by atoms with Crippen LogP contribution < -0.4 is 10.6 Å². The van der Waals surface area contributed by atoms with Gasteiger partial charge < -0.3 is 10.6 Å². The van der Waals surface area contributed by atoms with Crippen molar-refractivity contribution < 1.29 is 0 Å². The Kier molecular flexibility index (Phi) is 3.57. The van der Waals surface area contributed by atoms with E-state index >= 15 is 0 Å². The second kappa shape index (κ2) is 5.37. The van der Waals surface area contributed by atoms with E-state index < -0.39 is 0 Å². The third-order valence-electron chi connectivity index (χ3n) is 4.24. The van der Waals surface area contributed by atoms with Crippen LogP contribution in [0.15, 0.2) is 30.5 Å². The molecule has 0 spiro atoms. The fraction of sp³-hybridized carbons (Fsp3) is 0.375. The van der Waals surface area contributed by atoms with Crippen LogP contribution in [0.1, 0.15) is 31.2 Å². The van der Waals surface area contributed by atoms with E-state index in [2.05, 4.69) is 23.0 Å². The number of fused-ring (bicyclic) bond motifs is 1. The number of rotatable bonds is 3. The molecule has 0 saturated heterocycles. The molecule has 0 atom stereocenters. The van der Waals surface area contributed by atoms with Gasteiger partial charge >= 0.3 is 0 Å². The van der Waals surface area contributed by atoms with Gasteiger partial charge in [0.05, 0.1) is 16.8 Å². The van der Waals surface area contributed by atoms with E-state index in [1.807, 2.05) is 24.4 Å². The molecule has 20 heavy (non-hydrogen) atoms. The second-order valence-corrected chi connectivity index (χ2v) is 5.89. The molecule has 0 radical (unpaired) electrons. The number of benzene rings is 1. The molecule has 1 heterocycles. The van der Waals surface area contributed by atoms with Gasteiger partial charge in [-0.1, -0.05) is 43.3 Å². The predicted octanol–water partition coefficient (Wildman–Crippen LogP) is 3.25. The second-order valence-electron chi connectivity index (χ2n) is 5.45. The van der Waals surface area contributed by atoms with Crippen LogP contribution in [0.4, 0.5) is 5.69 Å². The molecule has 3 nitrogen and oxygen atoms in total. The number of thiocarbonyl (C=S) groups is 1. The first-order valence-electron chi connectivity index (χ1n) is 7.09. The monoisotopic (exact) mass is 285 g/mol. The van der Waals surface area contributed by atoms with Crippen LogP contribution in [0.2, 0.25) is 0 Å². The number of nitrogens with zero attached hydrogens (tertiary/aromatic N) is 2. The summed E-state index contributed by atoms with van der Waals surface area (Å²) in [6, 6.07) is 8.76. The Hall–Kier alpha value is -1.68. The van der Waals surface area contributed by atoms with E-state index in [0.717, 1.165) is 22.2 Å². The van der Waals surface area contributed by atoms with Crippen LogP contribution in [-0.4, -0.2) is 23.1 Å². The lowest BCUT2D eigenvalue weighted by Gasteiger charge is -2.29. The summed E-state index contributed by atoms with van der Waals surface area (Å²) in [5.41, 5.74) is 8.92. The number of anilines is 1. The SMILES string of the molecule is CN(c1c(C(N)=S)cnc2ccccc12)C1CCCC1. The van der Waals surface area contributed by atoms with Crippen LogP contribution in [0, 0.1) is 0 Å². The van der Waals surface area contributed by atoms with Crippen LogP contribution in [0.25, 0.3) is 10.9 Å². The number of hydrogen-bond donors (Lipinski definition) is 1. The van der Waals surface area contributed by atoms with Gasteiger partial charge in [-0.05, 0) is 18.9 Å². The van der Waals surface area contributed by atoms with Gasteiger partial charge in [0.15, 0.2) is 0 Å². The van der Waals surface area contributed by atoms with Crippen molar-refractivity contribution in [3.05, 3.63) is 36.0 Å². The first-order chi connectivity index (χ1) is 9.68. The smallest absolute Gasteiger partial charge is 0.107 e. The zero-order valence-corrected chi connectivity index (χ0v) is 12.5. The Bertz CT molecular complexity index is 647. The minimum atomic E-state index is 0.420. The van der Waals surface area contributed by atoms with Crippen molar-refractivity contribution in [1.82, 2.24) is 4.98 Å². The van der Waals surface area contributed by atoms with Crippen LogP contribution in [0.5, 0.6) is 0 Å². The van der Waals surface area contributed by atoms with Crippen molar-refractivity contribution >= 4 is 33.8 Å². The third-order valence-corrected chi connectivity index (χ3v) is 4.46. The minimum Gasteiger partial charge on any atom is -0.389 e. The summed E-state index contributed by atoms with van der Waals surface area (Å²) in [7, 11) is 2.15. The number of para-hydroxylation sites is 1. The molecule has 1 aromatic heterocycles. The molecular weight excluding hydrogens is 266 g/mol. The van der Waals surface area contributed by atoms with Gasteiger partial charge in [0, 0.05) is 24.7 Å². The highest BCUT2D eigenvalue weighted by Gasteiger charge is 2.24. The first-order valence-corrected chi connectivity index (χ1v) is 7.49. The largest absolute Gasteiger partial charge is 0.389 e. The van der Waals surface area contributed by atoms with Gasteiger partial charge in [0.1, 0.15) is 4.99 Å². The third kappa shape index (κ3) is 2.24. The molecule has 0 unspecified atom stereocenters. The Morgan fingerprint density at radius 1 is 1.30 bits per heavy atom. The van der Waals surface area contributed by atoms with E-state index in [0.29, 0.717) is 11.0 Å². The van der Waals surface area contributed by atoms with Gasteiger partial charge in [0.2, 0.25) is 0 Å². The summed E-state index contributed by atoms with van der Waals surface area (Å²) in [4.78, 5) is 7.25. The summed E-state index contributed by atoms with van der Waals surface area (Å²) in [5.74, 6) is 0. The van der Waals surface area contributed by atoms with Gasteiger partial charge in [-0.3, -0.25) is 4.98 Å². The standard InChI is InChI=1S/C16H19N3S/c1-19(11-6-2-3-7-11)15-12-8-4-5-9-14(12)18-10-13(15)16(17)20/h4-5,8-11H,2-3,6-7H2,1H3,(H2,17,20). The zero-order chi connectivity index (χ0) is 14.1. The quantitative estimate of drug-likeness (QED) is 0.879. The molecule has 1 aliphatic carbocycles. The molecule has 0 amide bonds. The van der Waals surface area contributed by atoms with E-state index in [1.54, 1.807) is 0 Å². The minimum absolute atomic E-state index is 0.420. The fourth-order valence-electron chi connectivity index (χ4n) is 3.16. The van der Waals surface area contributed by atoms with Crippen LogP contribution in [0.3, 0.4) is 0 Å². The Morgan fingerprint density at radius 3 is 2.70 bits per heavy atom. The molecule has 1 aromatic carbocycles. The zero-order valence-electron chi connectivity index (χ0n) is 11.7. The Morgan fingerprint density at radius 2 is 2.00 bits per heavy atom. The number of aromatic nitrogens is 1. The maximum Gasteiger partial charge on any atom is 0.107 e. The van der Waals surface area contributed by atoms with Gasteiger partial charge in [0.25, 0.3) is 0 Å². The molecule has 0 bridgehead atoms. The summed E-state index contributed by atoms with van der Waals surface area (Å²) in [5, 5.41) is 1.13. The van der Waals surface area contributed by atoms with Crippen molar-refractivity contribution in [1.29, 1.82) is 0 Å². The van der Waals surface area contributed by atoms with E-state index in [9.17, 15) is 0 Å². The molecule has 1 aliphatic rings. The maximum atomic E-state index is 5.91. The van der Waals surface area contributed by atoms with Gasteiger partial charge in [-0.15, -0.1) is 0 Å². The molecule has 104 valence electrons. The Balaban J connectivity index is 2.18. The fourth-order valence-corrected chi connectivity index (χ4v) is 3.31. The summed E-state index contributed by atoms with van der Waals surface area (Å²) in [6.45, 7) is 0. The lowest BCUT2D eigenvalue weighted by Crippen LogP contribution is -2.31. The van der Waals surface area contributed by atoms with Crippen molar-refractivity contribution in [3.63, 3.8) is 0 Å². The van der Waals surface area contributed by atoms with Crippen molar-refractivity contribution in [3.8, 4) is 0 Å². The molecule has 4 heteroatoms. The summed E-state index contributed by atoms with van der Waals surface area (Å²) >= 11 is 5.22. The van der Waals surface area contributed by atoms with Crippen molar-refractivity contribution in [2.24, 2.45) is 5.73 Å². The molecular formula is C16H19N3S. The molecule has 3 rings (SSSR count). The molecule has 0 aliphatic heterocycles. The highest BCUT2D eigenvalue weighted by Crippen LogP contribution is 2.34. The molecule has 1 saturated carbocycles. The molecule has 2 N–H and O–H groups in total. The lowest BCUT2D eigenvalue weighted by molar-refractivity contribution is 0.654. The van der Waals surface area contributed by atoms with E-state index in [1.165, 1.54) is 25.7 Å². The van der Waals surface area contributed by atoms with E-state index in [4.69, 9.17) is 18.0 Å². The van der Waals surface area contributed by atoms with Gasteiger partial charge in [-0.2, -0.15) is 0 Å². The number of nitrogens with two attached hydrogens (primary N) is 1. The summed E-state index contributed by atoms with van der Waals surface area (Å²) < 4.78 is 0. The predicted molar refractivity (Wildman–Crippen MR) is 88.3 cm³/mol. The van der Waals surface area contributed by atoms with Crippen molar-refractivity contribution in [2.75, 3.05) is 11.9 Å². The topological polar surface area (TPSA) is 42.1 Å². The highest BCUT2D eigenvalue weighted by atomic mass is 32.1. The first kappa shape index (κ1) is 13.3. The van der Waals surface area contributed by atoms with E-state index in [-0.39, 0.29) is 0 Å². The van der Waals surface area contributed by atoms with Crippen molar-refractivity contribution in [2.45, 2.75) is 31.7 Å². The number of hydrogen-bond acceptors (Lipinski definition) is 3. The normalized spacial score (nSPS) is 15.7. The highest BCUT2D eigenvalue weighted by molar-refractivity contribution is 7.80.